The molecule has 0 saturated heterocycles. The highest BCUT2D eigenvalue weighted by Crippen LogP contribution is 2.52. The van der Waals surface area contributed by atoms with Crippen molar-refractivity contribution in [3.63, 3.8) is 0 Å². The first kappa shape index (κ1) is 29.2. The lowest BCUT2D eigenvalue weighted by atomic mass is 10.0. The Labute approximate surface area is 277 Å². The van der Waals surface area contributed by atoms with Crippen LogP contribution < -0.4 is 9.80 Å². The number of anilines is 2. The molecule has 1 N–H and O–H groups in total. The minimum atomic E-state index is -0.816. The number of halogens is 2. The summed E-state index contributed by atoms with van der Waals surface area (Å²) in [6.45, 7) is 0. The molecule has 0 radical (unpaired) electrons. The summed E-state index contributed by atoms with van der Waals surface area (Å²) in [5, 5.41) is 0. The van der Waals surface area contributed by atoms with Crippen molar-refractivity contribution in [1.29, 1.82) is 0 Å². The Morgan fingerprint density at radius 3 is 1.25 bits per heavy atom. The molecule has 8 rings (SSSR count). The lowest BCUT2D eigenvalue weighted by molar-refractivity contribution is 0.599. The van der Waals surface area contributed by atoms with Crippen molar-refractivity contribution in [2.45, 2.75) is 6.17 Å². The van der Waals surface area contributed by atoms with Crippen LogP contribution in [0.4, 0.5) is 20.2 Å². The zero-order valence-electron chi connectivity index (χ0n) is 25.8. The Bertz CT molecular complexity index is 2060. The molecule has 1 aromatic heterocycles. The van der Waals surface area contributed by atoms with E-state index in [0.717, 1.165) is 45.0 Å². The van der Waals surface area contributed by atoms with Gasteiger partial charge in [0.2, 0.25) is 0 Å². The molecule has 0 amide bonds. The molecular formula is C42H30F2N4. The van der Waals surface area contributed by atoms with E-state index >= 15 is 8.78 Å². The van der Waals surface area contributed by atoms with E-state index in [2.05, 4.69) is 4.98 Å². The molecule has 0 aliphatic carbocycles. The number of benzene rings is 6. The second-order valence-electron chi connectivity index (χ2n) is 11.5. The smallest absolute Gasteiger partial charge is 0.170 e. The average molecular weight is 629 g/mol. The van der Waals surface area contributed by atoms with E-state index in [4.69, 9.17) is 4.98 Å². The molecule has 0 atom stereocenters. The molecule has 0 spiro atoms. The quantitative estimate of drug-likeness (QED) is 0.191. The molecule has 0 unspecified atom stereocenters. The normalized spacial score (nSPS) is 13.4. The number of aromatic nitrogens is 2. The van der Waals surface area contributed by atoms with Crippen LogP contribution in [0.25, 0.3) is 33.9 Å². The number of H-pyrrole nitrogens is 1. The van der Waals surface area contributed by atoms with E-state index in [0.29, 0.717) is 17.2 Å². The Hall–Kier alpha value is -6.27. The first-order valence-electron chi connectivity index (χ1n) is 15.8. The molecular weight excluding hydrogens is 598 g/mol. The summed E-state index contributed by atoms with van der Waals surface area (Å²) in [4.78, 5) is 12.8. The number of nitrogens with zero attached hydrogens (tertiary/aromatic N) is 3. The van der Waals surface area contributed by atoms with Gasteiger partial charge < -0.3 is 14.8 Å². The Balaban J connectivity index is 1.48. The number of hydrogen-bond acceptors (Lipinski definition) is 3. The van der Waals surface area contributed by atoms with Gasteiger partial charge in [-0.1, -0.05) is 146 Å². The fourth-order valence-electron chi connectivity index (χ4n) is 6.51. The third-order valence-electron chi connectivity index (χ3n) is 8.59. The van der Waals surface area contributed by atoms with Crippen molar-refractivity contribution < 1.29 is 8.78 Å². The molecule has 6 heteroatoms. The van der Waals surface area contributed by atoms with Gasteiger partial charge in [-0.3, -0.25) is 0 Å². The van der Waals surface area contributed by atoms with Gasteiger partial charge in [-0.05, 0) is 24.3 Å². The maximum Gasteiger partial charge on any atom is 0.170 e. The van der Waals surface area contributed by atoms with Gasteiger partial charge in [0, 0.05) is 22.3 Å². The van der Waals surface area contributed by atoms with Crippen molar-refractivity contribution in [2.75, 3.05) is 9.80 Å². The Morgan fingerprint density at radius 2 is 0.812 bits per heavy atom. The molecule has 232 valence electrons. The van der Waals surface area contributed by atoms with Gasteiger partial charge in [-0.2, -0.15) is 0 Å². The third kappa shape index (κ3) is 5.13. The van der Waals surface area contributed by atoms with E-state index in [1.54, 1.807) is 24.3 Å². The predicted octanol–water partition coefficient (Wildman–Crippen LogP) is 10.6. The first-order chi connectivity index (χ1) is 23.7. The molecule has 0 saturated carbocycles. The van der Waals surface area contributed by atoms with Gasteiger partial charge in [-0.15, -0.1) is 0 Å². The maximum atomic E-state index is 16.2. The van der Waals surface area contributed by atoms with E-state index in [-0.39, 0.29) is 0 Å². The summed E-state index contributed by atoms with van der Waals surface area (Å²) < 4.78 is 32.4. The summed E-state index contributed by atoms with van der Waals surface area (Å²) in [5.41, 5.74) is 7.25. The van der Waals surface area contributed by atoms with Crippen molar-refractivity contribution in [3.05, 3.63) is 198 Å². The SMILES string of the molecule is Fc1ccccc1N1C(c2ccccc2)=C(c2ccccc2)N(c2ccccc2F)C1c1nc(-c2ccccc2)c(-c2ccccc2)[nH]1. The fourth-order valence-corrected chi connectivity index (χ4v) is 6.51. The van der Waals surface area contributed by atoms with Crippen LogP contribution in [0.3, 0.4) is 0 Å². The van der Waals surface area contributed by atoms with Crippen LogP contribution in [0, 0.1) is 11.6 Å². The van der Waals surface area contributed by atoms with Gasteiger partial charge >= 0.3 is 0 Å². The molecule has 4 nitrogen and oxygen atoms in total. The van der Waals surface area contributed by atoms with Crippen LogP contribution >= 0.6 is 0 Å². The van der Waals surface area contributed by atoms with Crippen molar-refractivity contribution in [3.8, 4) is 22.5 Å². The summed E-state index contributed by atoms with van der Waals surface area (Å²) in [6, 6.07) is 53.1. The van der Waals surface area contributed by atoms with Crippen LogP contribution in [0.15, 0.2) is 170 Å². The largest absolute Gasteiger partial charge is 0.338 e. The minimum Gasteiger partial charge on any atom is -0.338 e. The molecule has 1 aliphatic rings. The second kappa shape index (κ2) is 12.5. The van der Waals surface area contributed by atoms with Crippen molar-refractivity contribution >= 4 is 22.8 Å². The van der Waals surface area contributed by atoms with Crippen LogP contribution in [-0.2, 0) is 0 Å². The van der Waals surface area contributed by atoms with Crippen molar-refractivity contribution in [2.24, 2.45) is 0 Å². The van der Waals surface area contributed by atoms with Gasteiger partial charge in [0.25, 0.3) is 0 Å². The molecule has 0 bridgehead atoms. The molecule has 0 fully saturated rings. The highest BCUT2D eigenvalue weighted by molar-refractivity contribution is 6.07. The number of hydrogen-bond donors (Lipinski definition) is 1. The van der Waals surface area contributed by atoms with E-state index in [1.165, 1.54) is 12.1 Å². The lowest BCUT2D eigenvalue weighted by Gasteiger charge is -2.34. The fraction of sp³-hybridized carbons (Fsp3) is 0.0238. The molecule has 48 heavy (non-hydrogen) atoms. The van der Waals surface area contributed by atoms with E-state index in [1.807, 2.05) is 143 Å². The van der Waals surface area contributed by atoms with Crippen LogP contribution in [0.5, 0.6) is 0 Å². The first-order valence-corrected chi connectivity index (χ1v) is 15.8. The van der Waals surface area contributed by atoms with Gasteiger partial charge in [-0.25, -0.2) is 13.8 Å². The number of para-hydroxylation sites is 2. The van der Waals surface area contributed by atoms with E-state index < -0.39 is 17.8 Å². The van der Waals surface area contributed by atoms with E-state index in [9.17, 15) is 0 Å². The Kier molecular flexibility index (Phi) is 7.59. The maximum absolute atomic E-state index is 16.2. The second-order valence-corrected chi connectivity index (χ2v) is 11.5. The molecule has 1 aliphatic heterocycles. The monoisotopic (exact) mass is 628 g/mol. The Morgan fingerprint density at radius 1 is 0.438 bits per heavy atom. The zero-order chi connectivity index (χ0) is 32.5. The molecule has 6 aromatic carbocycles. The van der Waals surface area contributed by atoms with Gasteiger partial charge in [0.15, 0.2) is 12.0 Å². The average Bonchev–Trinajstić information content (AvgIpc) is 3.74. The van der Waals surface area contributed by atoms with Crippen LogP contribution in [0.2, 0.25) is 0 Å². The summed E-state index contributed by atoms with van der Waals surface area (Å²) in [7, 11) is 0. The summed E-state index contributed by atoms with van der Waals surface area (Å²) in [5.74, 6) is -0.285. The standard InChI is InChI=1S/C42H30F2N4/c43-33-25-13-15-27-35(33)47-39(31-21-9-3-10-22-31)40(32-23-11-4-12-24-32)48(36-28-16-14-26-34(36)44)42(47)41-45-37(29-17-5-1-6-18-29)38(46-41)30-19-7-2-8-20-30/h1-28,42H,(H,45,46). The van der Waals surface area contributed by atoms with Gasteiger partial charge in [0.1, 0.15) is 11.6 Å². The van der Waals surface area contributed by atoms with Gasteiger partial charge in [0.05, 0.1) is 34.2 Å². The minimum absolute atomic E-state index is 0.340. The lowest BCUT2D eigenvalue weighted by Crippen LogP contribution is -2.34. The molecule has 7 aromatic rings. The van der Waals surface area contributed by atoms with Crippen LogP contribution in [0.1, 0.15) is 23.1 Å². The number of aromatic amines is 1. The summed E-state index contributed by atoms with van der Waals surface area (Å²) >= 11 is 0. The predicted molar refractivity (Wildman–Crippen MR) is 190 cm³/mol. The van der Waals surface area contributed by atoms with Crippen LogP contribution in [-0.4, -0.2) is 9.97 Å². The summed E-state index contributed by atoms with van der Waals surface area (Å²) in [6.07, 6.45) is -0.816. The highest BCUT2D eigenvalue weighted by atomic mass is 19.1. The topological polar surface area (TPSA) is 35.2 Å². The third-order valence-corrected chi connectivity index (χ3v) is 8.59. The number of imidazole rings is 1. The molecule has 2 heterocycles. The number of nitrogens with one attached hydrogen (secondary N) is 1. The zero-order valence-corrected chi connectivity index (χ0v) is 25.8. The highest BCUT2D eigenvalue weighted by Gasteiger charge is 2.45. The number of rotatable bonds is 7. The van der Waals surface area contributed by atoms with Crippen molar-refractivity contribution in [1.82, 2.24) is 9.97 Å².